The van der Waals surface area contributed by atoms with E-state index in [0.717, 1.165) is 24.3 Å². The van der Waals surface area contributed by atoms with Crippen molar-refractivity contribution in [3.63, 3.8) is 0 Å². The summed E-state index contributed by atoms with van der Waals surface area (Å²) in [5, 5.41) is 0. The second-order valence-corrected chi connectivity index (χ2v) is 6.65. The van der Waals surface area contributed by atoms with E-state index in [1.807, 2.05) is 0 Å². The Bertz CT molecular complexity index is 1050. The molecule has 0 atom stereocenters. The van der Waals surface area contributed by atoms with E-state index in [1.165, 1.54) is 18.2 Å². The lowest BCUT2D eigenvalue weighted by Crippen LogP contribution is -2.13. The third kappa shape index (κ3) is 3.13. The van der Waals surface area contributed by atoms with Crippen molar-refractivity contribution in [2.75, 3.05) is 4.72 Å². The molecule has 3 N–H and O–H groups in total. The predicted octanol–water partition coefficient (Wildman–Crippen LogP) is 2.68. The minimum Gasteiger partial charge on any atom is -0.306 e. The first kappa shape index (κ1) is 16.1. The first-order valence-corrected chi connectivity index (χ1v) is 8.06. The van der Waals surface area contributed by atoms with Gasteiger partial charge in [0.2, 0.25) is 0 Å². The standard InChI is InChI=1S/C14H10F3N3O3S/c15-14(16,17)8-1-3-9(4-2-8)20-24(22,23)10-5-6-11-12(7-10)19-13(21)18-11/h1-7,20H,(H2,18,19,21). The molecule has 0 bridgehead atoms. The minimum atomic E-state index is -4.50. The summed E-state index contributed by atoms with van der Waals surface area (Å²) in [5.41, 5.74) is -0.624. The summed E-state index contributed by atoms with van der Waals surface area (Å²) >= 11 is 0. The van der Waals surface area contributed by atoms with Gasteiger partial charge in [-0.1, -0.05) is 0 Å². The molecule has 10 heteroatoms. The SMILES string of the molecule is O=c1[nH]c2ccc(S(=O)(=O)Nc3ccc(C(F)(F)F)cc3)cc2[nH]1. The maximum absolute atomic E-state index is 12.5. The zero-order valence-corrected chi connectivity index (χ0v) is 12.6. The number of nitrogens with one attached hydrogen (secondary N) is 3. The molecule has 0 saturated heterocycles. The number of benzene rings is 2. The van der Waals surface area contributed by atoms with Crippen molar-refractivity contribution in [3.05, 3.63) is 58.5 Å². The fourth-order valence-corrected chi connectivity index (χ4v) is 3.20. The third-order valence-corrected chi connectivity index (χ3v) is 4.64. The van der Waals surface area contributed by atoms with Crippen molar-refractivity contribution >= 4 is 26.7 Å². The first-order chi connectivity index (χ1) is 11.1. The average molecular weight is 357 g/mol. The Labute approximate surface area is 133 Å². The van der Waals surface area contributed by atoms with E-state index in [-0.39, 0.29) is 10.6 Å². The normalized spacial score (nSPS) is 12.5. The summed E-state index contributed by atoms with van der Waals surface area (Å²) in [6.45, 7) is 0. The van der Waals surface area contributed by atoms with Crippen LogP contribution in [0.25, 0.3) is 11.0 Å². The number of aromatic amines is 2. The lowest BCUT2D eigenvalue weighted by atomic mass is 10.2. The Morgan fingerprint density at radius 1 is 0.917 bits per heavy atom. The summed E-state index contributed by atoms with van der Waals surface area (Å²) in [6, 6.07) is 7.55. The van der Waals surface area contributed by atoms with Crippen molar-refractivity contribution in [3.8, 4) is 0 Å². The lowest BCUT2D eigenvalue weighted by Gasteiger charge is -2.10. The molecule has 2 aromatic carbocycles. The average Bonchev–Trinajstić information content (AvgIpc) is 2.85. The van der Waals surface area contributed by atoms with Gasteiger partial charge < -0.3 is 9.97 Å². The van der Waals surface area contributed by atoms with Crippen LogP contribution in [0.4, 0.5) is 18.9 Å². The topological polar surface area (TPSA) is 94.8 Å². The van der Waals surface area contributed by atoms with Gasteiger partial charge in [0.15, 0.2) is 0 Å². The van der Waals surface area contributed by atoms with Crippen LogP contribution in [-0.4, -0.2) is 18.4 Å². The van der Waals surface area contributed by atoms with Gasteiger partial charge in [-0.2, -0.15) is 13.2 Å². The van der Waals surface area contributed by atoms with E-state index in [0.29, 0.717) is 11.0 Å². The monoisotopic (exact) mass is 357 g/mol. The molecular weight excluding hydrogens is 347 g/mol. The number of H-pyrrole nitrogens is 2. The highest BCUT2D eigenvalue weighted by Crippen LogP contribution is 2.30. The molecule has 3 aromatic rings. The molecule has 0 spiro atoms. The van der Waals surface area contributed by atoms with Crippen molar-refractivity contribution in [1.82, 2.24) is 9.97 Å². The summed E-state index contributed by atoms with van der Waals surface area (Å²) in [6.07, 6.45) is -4.50. The number of fused-ring (bicyclic) bond motifs is 1. The van der Waals surface area contributed by atoms with E-state index in [2.05, 4.69) is 14.7 Å². The Kier molecular flexibility index (Phi) is 3.63. The molecule has 0 amide bonds. The molecule has 1 heterocycles. The smallest absolute Gasteiger partial charge is 0.306 e. The number of sulfonamides is 1. The Morgan fingerprint density at radius 3 is 2.17 bits per heavy atom. The molecule has 0 aliphatic rings. The van der Waals surface area contributed by atoms with Gasteiger partial charge in [-0.3, -0.25) is 4.72 Å². The first-order valence-electron chi connectivity index (χ1n) is 6.57. The molecule has 24 heavy (non-hydrogen) atoms. The Hall–Kier alpha value is -2.75. The van der Waals surface area contributed by atoms with Crippen LogP contribution < -0.4 is 10.4 Å². The van der Waals surface area contributed by atoms with Crippen molar-refractivity contribution in [2.45, 2.75) is 11.1 Å². The fraction of sp³-hybridized carbons (Fsp3) is 0.0714. The molecule has 126 valence electrons. The van der Waals surface area contributed by atoms with Crippen LogP contribution in [0.15, 0.2) is 52.2 Å². The summed E-state index contributed by atoms with van der Waals surface area (Å²) in [4.78, 5) is 16.0. The van der Waals surface area contributed by atoms with Crippen molar-refractivity contribution in [1.29, 1.82) is 0 Å². The van der Waals surface area contributed by atoms with Gasteiger partial charge >= 0.3 is 11.9 Å². The van der Waals surface area contributed by atoms with Crippen LogP contribution in [0.1, 0.15) is 5.56 Å². The highest BCUT2D eigenvalue weighted by Gasteiger charge is 2.30. The Morgan fingerprint density at radius 2 is 1.54 bits per heavy atom. The molecule has 0 fully saturated rings. The Balaban J connectivity index is 1.90. The number of imidazole rings is 1. The lowest BCUT2D eigenvalue weighted by molar-refractivity contribution is -0.137. The van der Waals surface area contributed by atoms with Gasteiger partial charge in [0.25, 0.3) is 10.0 Å². The molecule has 0 saturated carbocycles. The second kappa shape index (κ2) is 5.41. The van der Waals surface area contributed by atoms with Gasteiger partial charge in [-0.25, -0.2) is 13.2 Å². The summed E-state index contributed by atoms with van der Waals surface area (Å²) in [5.74, 6) is 0. The second-order valence-electron chi connectivity index (χ2n) is 4.97. The molecule has 0 unspecified atom stereocenters. The van der Waals surface area contributed by atoms with Gasteiger partial charge in [0.1, 0.15) is 0 Å². The number of rotatable bonds is 3. The van der Waals surface area contributed by atoms with Gasteiger partial charge in [-0.15, -0.1) is 0 Å². The molecule has 1 aromatic heterocycles. The van der Waals surface area contributed by atoms with Crippen LogP contribution in [0.2, 0.25) is 0 Å². The molecule has 0 aliphatic heterocycles. The van der Waals surface area contributed by atoms with E-state index >= 15 is 0 Å². The van der Waals surface area contributed by atoms with Crippen LogP contribution in [-0.2, 0) is 16.2 Å². The zero-order chi connectivity index (χ0) is 17.5. The number of alkyl halides is 3. The highest BCUT2D eigenvalue weighted by atomic mass is 32.2. The number of hydrogen-bond donors (Lipinski definition) is 3. The van der Waals surface area contributed by atoms with Gasteiger partial charge in [-0.05, 0) is 42.5 Å². The number of halogens is 3. The van der Waals surface area contributed by atoms with E-state index in [4.69, 9.17) is 0 Å². The maximum Gasteiger partial charge on any atom is 0.416 e. The number of anilines is 1. The van der Waals surface area contributed by atoms with Crippen molar-refractivity contribution < 1.29 is 21.6 Å². The largest absolute Gasteiger partial charge is 0.416 e. The number of hydrogen-bond acceptors (Lipinski definition) is 3. The van der Waals surface area contributed by atoms with E-state index in [9.17, 15) is 26.4 Å². The zero-order valence-electron chi connectivity index (χ0n) is 11.8. The summed E-state index contributed by atoms with van der Waals surface area (Å²) < 4.78 is 64.3. The van der Waals surface area contributed by atoms with E-state index in [1.54, 1.807) is 0 Å². The highest BCUT2D eigenvalue weighted by molar-refractivity contribution is 7.92. The van der Waals surface area contributed by atoms with Crippen LogP contribution in [0.5, 0.6) is 0 Å². The quantitative estimate of drug-likeness (QED) is 0.673. The third-order valence-electron chi connectivity index (χ3n) is 3.26. The molecule has 0 radical (unpaired) electrons. The molecule has 3 rings (SSSR count). The molecule has 0 aliphatic carbocycles. The van der Waals surface area contributed by atoms with Crippen LogP contribution >= 0.6 is 0 Å². The van der Waals surface area contributed by atoms with Crippen molar-refractivity contribution in [2.24, 2.45) is 0 Å². The minimum absolute atomic E-state index is 0.00865. The van der Waals surface area contributed by atoms with E-state index < -0.39 is 27.5 Å². The van der Waals surface area contributed by atoms with Gasteiger partial charge in [0.05, 0.1) is 21.5 Å². The number of aromatic nitrogens is 2. The summed E-state index contributed by atoms with van der Waals surface area (Å²) in [7, 11) is -4.01. The molecular formula is C14H10F3N3O3S. The van der Waals surface area contributed by atoms with Gasteiger partial charge in [0, 0.05) is 5.69 Å². The fourth-order valence-electron chi connectivity index (χ4n) is 2.12. The van der Waals surface area contributed by atoms with Crippen LogP contribution in [0, 0.1) is 0 Å². The maximum atomic E-state index is 12.5. The van der Waals surface area contributed by atoms with Crippen LogP contribution in [0.3, 0.4) is 0 Å². The predicted molar refractivity (Wildman–Crippen MR) is 81.2 cm³/mol. The molecule has 6 nitrogen and oxygen atoms in total.